The van der Waals surface area contributed by atoms with Crippen LogP contribution in [-0.2, 0) is 12.4 Å². The summed E-state index contributed by atoms with van der Waals surface area (Å²) in [5, 5.41) is 0. The van der Waals surface area contributed by atoms with Crippen LogP contribution >= 0.6 is 0 Å². The molecule has 0 amide bonds. The van der Waals surface area contributed by atoms with Crippen LogP contribution in [0.25, 0.3) is 0 Å². The summed E-state index contributed by atoms with van der Waals surface area (Å²) in [6, 6.07) is 4.54. The molecule has 10 heteroatoms. The number of hydrogen-bond donors (Lipinski definition) is 2. The van der Waals surface area contributed by atoms with Crippen LogP contribution in [0.5, 0.6) is 5.75 Å². The normalized spacial score (nSPS) is 12.1. The number of nitrogens with two attached hydrogens (primary N) is 2. The maximum Gasteiger partial charge on any atom is 0.418 e. The zero-order valence-electron chi connectivity index (χ0n) is 12.2. The lowest BCUT2D eigenvalue weighted by Crippen LogP contribution is -2.18. The van der Waals surface area contributed by atoms with Crippen molar-refractivity contribution in [2.75, 3.05) is 11.5 Å². The number of anilines is 2. The van der Waals surface area contributed by atoms with Crippen LogP contribution in [-0.4, -0.2) is 5.97 Å². The Morgan fingerprint density at radius 2 is 1.44 bits per heavy atom. The Bertz CT molecular complexity index is 815. The highest BCUT2D eigenvalue weighted by Gasteiger charge is 2.37. The molecule has 0 spiro atoms. The molecule has 0 bridgehead atoms. The molecule has 2 aromatic carbocycles. The Labute approximate surface area is 137 Å². The first-order valence-corrected chi connectivity index (χ1v) is 6.55. The van der Waals surface area contributed by atoms with Crippen molar-refractivity contribution in [3.63, 3.8) is 0 Å². The van der Waals surface area contributed by atoms with Gasteiger partial charge in [0.05, 0.1) is 16.7 Å². The predicted octanol–water partition coefficient (Wildman–Crippen LogP) is 4.11. The Kier molecular flexibility index (Phi) is 4.56. The summed E-state index contributed by atoms with van der Waals surface area (Å²) in [5.41, 5.74) is 6.10. The summed E-state index contributed by atoms with van der Waals surface area (Å²) in [5.74, 6) is -2.08. The number of esters is 1. The molecule has 0 heterocycles. The van der Waals surface area contributed by atoms with E-state index < -0.39 is 46.4 Å². The van der Waals surface area contributed by atoms with E-state index in [4.69, 9.17) is 11.5 Å². The molecule has 0 fully saturated rings. The zero-order valence-corrected chi connectivity index (χ0v) is 12.2. The maximum absolute atomic E-state index is 13.0. The van der Waals surface area contributed by atoms with Gasteiger partial charge in [0.15, 0.2) is 0 Å². The lowest BCUT2D eigenvalue weighted by molar-refractivity contribution is -0.138. The predicted molar refractivity (Wildman–Crippen MR) is 76.7 cm³/mol. The SMILES string of the molecule is Nc1ccc(C(=O)Oc2ccc(N)c(C(F)(F)F)c2)c(C(F)(F)F)c1. The summed E-state index contributed by atoms with van der Waals surface area (Å²) < 4.78 is 81.9. The van der Waals surface area contributed by atoms with E-state index in [0.717, 1.165) is 24.3 Å². The summed E-state index contributed by atoms with van der Waals surface area (Å²) in [7, 11) is 0. The van der Waals surface area contributed by atoms with Crippen molar-refractivity contribution >= 4 is 17.3 Å². The van der Waals surface area contributed by atoms with Crippen molar-refractivity contribution in [3.8, 4) is 5.75 Å². The largest absolute Gasteiger partial charge is 0.423 e. The topological polar surface area (TPSA) is 78.3 Å². The number of halogens is 6. The van der Waals surface area contributed by atoms with Gasteiger partial charge in [-0.15, -0.1) is 0 Å². The minimum absolute atomic E-state index is 0.240. The van der Waals surface area contributed by atoms with Crippen molar-refractivity contribution in [2.24, 2.45) is 0 Å². The monoisotopic (exact) mass is 364 g/mol. The van der Waals surface area contributed by atoms with Crippen molar-refractivity contribution in [1.29, 1.82) is 0 Å². The fraction of sp³-hybridized carbons (Fsp3) is 0.133. The van der Waals surface area contributed by atoms with E-state index in [1.165, 1.54) is 0 Å². The second-order valence-electron chi connectivity index (χ2n) is 4.94. The minimum Gasteiger partial charge on any atom is -0.423 e. The van der Waals surface area contributed by atoms with E-state index >= 15 is 0 Å². The molecule has 25 heavy (non-hydrogen) atoms. The molecule has 0 saturated carbocycles. The Hall–Kier alpha value is -2.91. The summed E-state index contributed by atoms with van der Waals surface area (Å²) in [6.45, 7) is 0. The highest BCUT2D eigenvalue weighted by atomic mass is 19.4. The summed E-state index contributed by atoms with van der Waals surface area (Å²) in [4.78, 5) is 12.0. The van der Waals surface area contributed by atoms with Crippen LogP contribution in [0.3, 0.4) is 0 Å². The first-order chi connectivity index (χ1) is 11.4. The molecule has 0 aromatic heterocycles. The van der Waals surface area contributed by atoms with Crippen LogP contribution in [0, 0.1) is 0 Å². The molecule has 0 atom stereocenters. The number of alkyl halides is 6. The van der Waals surface area contributed by atoms with Crippen LogP contribution < -0.4 is 16.2 Å². The number of carbonyl (C=O) groups excluding carboxylic acids is 1. The maximum atomic E-state index is 13.0. The summed E-state index contributed by atoms with van der Waals surface area (Å²) in [6.07, 6.45) is -9.72. The van der Waals surface area contributed by atoms with Gasteiger partial charge in [-0.3, -0.25) is 0 Å². The molecule has 0 unspecified atom stereocenters. The fourth-order valence-electron chi connectivity index (χ4n) is 1.98. The van der Waals surface area contributed by atoms with Gasteiger partial charge in [0.25, 0.3) is 0 Å². The van der Waals surface area contributed by atoms with E-state index in [0.29, 0.717) is 12.1 Å². The number of ether oxygens (including phenoxy) is 1. The molecule has 2 aromatic rings. The quantitative estimate of drug-likeness (QED) is 0.364. The highest BCUT2D eigenvalue weighted by molar-refractivity contribution is 5.93. The number of carbonyl (C=O) groups is 1. The average molecular weight is 364 g/mol. The van der Waals surface area contributed by atoms with Crippen molar-refractivity contribution in [3.05, 3.63) is 53.1 Å². The standard InChI is InChI=1S/C15H10F6N2O2/c16-14(17,18)10-5-7(22)1-3-9(10)13(24)25-8-2-4-12(23)11(6-8)15(19,20)21/h1-6H,22-23H2. The van der Waals surface area contributed by atoms with Gasteiger partial charge in [0.1, 0.15) is 5.75 Å². The fourth-order valence-corrected chi connectivity index (χ4v) is 1.98. The van der Waals surface area contributed by atoms with Crippen molar-refractivity contribution in [2.45, 2.75) is 12.4 Å². The molecule has 2 rings (SSSR count). The molecule has 4 nitrogen and oxygen atoms in total. The van der Waals surface area contributed by atoms with E-state index in [1.54, 1.807) is 0 Å². The first kappa shape index (κ1) is 18.4. The van der Waals surface area contributed by atoms with Gasteiger partial charge in [-0.2, -0.15) is 26.3 Å². The Balaban J connectivity index is 2.39. The van der Waals surface area contributed by atoms with Crippen LogP contribution in [0.2, 0.25) is 0 Å². The van der Waals surface area contributed by atoms with E-state index in [2.05, 4.69) is 4.74 Å². The van der Waals surface area contributed by atoms with E-state index in [-0.39, 0.29) is 5.69 Å². The lowest BCUT2D eigenvalue weighted by atomic mass is 10.1. The first-order valence-electron chi connectivity index (χ1n) is 6.55. The van der Waals surface area contributed by atoms with E-state index in [1.807, 2.05) is 0 Å². The van der Waals surface area contributed by atoms with Gasteiger partial charge in [-0.25, -0.2) is 4.79 Å². The third kappa shape index (κ3) is 4.14. The molecule has 134 valence electrons. The smallest absolute Gasteiger partial charge is 0.418 e. The van der Waals surface area contributed by atoms with Gasteiger partial charge in [-0.05, 0) is 36.4 Å². The van der Waals surface area contributed by atoms with Crippen LogP contribution in [0.4, 0.5) is 37.7 Å². The Morgan fingerprint density at radius 1 is 0.840 bits per heavy atom. The summed E-state index contributed by atoms with van der Waals surface area (Å²) >= 11 is 0. The van der Waals surface area contributed by atoms with Crippen molar-refractivity contribution < 1.29 is 35.9 Å². The zero-order chi connectivity index (χ0) is 19.0. The minimum atomic E-state index is -4.90. The van der Waals surface area contributed by atoms with Gasteiger partial charge >= 0.3 is 18.3 Å². The molecular formula is C15H10F6N2O2. The van der Waals surface area contributed by atoms with Gasteiger partial charge in [0.2, 0.25) is 0 Å². The molecule has 4 N–H and O–H groups in total. The Morgan fingerprint density at radius 3 is 2.00 bits per heavy atom. The molecule has 0 saturated heterocycles. The third-order valence-corrected chi connectivity index (χ3v) is 3.11. The molecule has 0 aliphatic heterocycles. The van der Waals surface area contributed by atoms with Crippen LogP contribution in [0.1, 0.15) is 21.5 Å². The van der Waals surface area contributed by atoms with Crippen molar-refractivity contribution in [1.82, 2.24) is 0 Å². The number of rotatable bonds is 2. The van der Waals surface area contributed by atoms with Gasteiger partial charge in [-0.1, -0.05) is 0 Å². The molecule has 0 aliphatic rings. The second-order valence-corrected chi connectivity index (χ2v) is 4.94. The van der Waals surface area contributed by atoms with Gasteiger partial charge in [0, 0.05) is 11.4 Å². The second kappa shape index (κ2) is 6.19. The highest BCUT2D eigenvalue weighted by Crippen LogP contribution is 2.37. The molecule has 0 radical (unpaired) electrons. The number of benzene rings is 2. The van der Waals surface area contributed by atoms with Crippen LogP contribution in [0.15, 0.2) is 36.4 Å². The number of hydrogen-bond acceptors (Lipinski definition) is 4. The third-order valence-electron chi connectivity index (χ3n) is 3.11. The lowest BCUT2D eigenvalue weighted by Gasteiger charge is -2.14. The van der Waals surface area contributed by atoms with E-state index in [9.17, 15) is 31.1 Å². The average Bonchev–Trinajstić information content (AvgIpc) is 2.47. The molecular weight excluding hydrogens is 354 g/mol. The molecule has 0 aliphatic carbocycles. The number of nitrogen functional groups attached to an aromatic ring is 2. The van der Waals surface area contributed by atoms with Gasteiger partial charge < -0.3 is 16.2 Å².